The predicted molar refractivity (Wildman–Crippen MR) is 100 cm³/mol. The van der Waals surface area contributed by atoms with Gasteiger partial charge in [-0.3, -0.25) is 19.2 Å². The van der Waals surface area contributed by atoms with E-state index in [1.807, 2.05) is 0 Å². The number of hydrogen-bond donors (Lipinski definition) is 4. The SMILES string of the molecule is C=CC(=O)NCCCC(=O)NCCCCNC(=O)CCCNC(=O)C=C. The zero-order chi connectivity index (χ0) is 19.6. The second-order valence-corrected chi connectivity index (χ2v) is 5.60. The highest BCUT2D eigenvalue weighted by atomic mass is 16.2. The fourth-order valence-electron chi connectivity index (χ4n) is 1.95. The van der Waals surface area contributed by atoms with E-state index in [0.29, 0.717) is 51.9 Å². The molecule has 0 aromatic heterocycles. The van der Waals surface area contributed by atoms with E-state index < -0.39 is 0 Å². The molecular formula is C18H30N4O4. The minimum atomic E-state index is -0.242. The highest BCUT2D eigenvalue weighted by molar-refractivity contribution is 5.87. The van der Waals surface area contributed by atoms with Crippen molar-refractivity contribution in [3.63, 3.8) is 0 Å². The smallest absolute Gasteiger partial charge is 0.243 e. The van der Waals surface area contributed by atoms with Crippen LogP contribution in [-0.2, 0) is 19.2 Å². The van der Waals surface area contributed by atoms with Gasteiger partial charge in [-0.15, -0.1) is 0 Å². The van der Waals surface area contributed by atoms with Crippen molar-refractivity contribution in [2.24, 2.45) is 0 Å². The first kappa shape index (κ1) is 23.4. The molecule has 8 nitrogen and oxygen atoms in total. The maximum absolute atomic E-state index is 11.6. The highest BCUT2D eigenvalue weighted by Gasteiger charge is 2.03. The molecule has 4 N–H and O–H groups in total. The van der Waals surface area contributed by atoms with Gasteiger partial charge in [-0.05, 0) is 37.8 Å². The summed E-state index contributed by atoms with van der Waals surface area (Å²) in [6, 6.07) is 0. The average Bonchev–Trinajstić information content (AvgIpc) is 2.64. The van der Waals surface area contributed by atoms with E-state index in [-0.39, 0.29) is 23.6 Å². The van der Waals surface area contributed by atoms with Crippen molar-refractivity contribution in [1.29, 1.82) is 0 Å². The van der Waals surface area contributed by atoms with Crippen LogP contribution in [-0.4, -0.2) is 49.8 Å². The first-order valence-electron chi connectivity index (χ1n) is 8.83. The van der Waals surface area contributed by atoms with E-state index in [1.54, 1.807) is 0 Å². The first-order chi connectivity index (χ1) is 12.5. The van der Waals surface area contributed by atoms with Gasteiger partial charge < -0.3 is 21.3 Å². The molecule has 0 aliphatic rings. The second kappa shape index (κ2) is 15.9. The van der Waals surface area contributed by atoms with E-state index in [2.05, 4.69) is 34.4 Å². The molecule has 0 aromatic rings. The van der Waals surface area contributed by atoms with E-state index in [9.17, 15) is 19.2 Å². The molecule has 0 bridgehead atoms. The lowest BCUT2D eigenvalue weighted by Gasteiger charge is -2.07. The molecule has 8 heteroatoms. The molecule has 0 unspecified atom stereocenters. The summed E-state index contributed by atoms with van der Waals surface area (Å²) in [6.45, 7) is 8.69. The zero-order valence-corrected chi connectivity index (χ0v) is 15.3. The molecule has 0 saturated heterocycles. The Morgan fingerprint density at radius 1 is 0.577 bits per heavy atom. The third-order valence-electron chi connectivity index (χ3n) is 3.38. The minimum Gasteiger partial charge on any atom is -0.356 e. The lowest BCUT2D eigenvalue weighted by Crippen LogP contribution is -2.29. The maximum atomic E-state index is 11.6. The Labute approximate surface area is 154 Å². The number of nitrogens with one attached hydrogen (secondary N) is 4. The van der Waals surface area contributed by atoms with Crippen molar-refractivity contribution in [2.75, 3.05) is 26.2 Å². The summed E-state index contributed by atoms with van der Waals surface area (Å²) in [5, 5.41) is 10.8. The third-order valence-corrected chi connectivity index (χ3v) is 3.38. The van der Waals surface area contributed by atoms with Crippen molar-refractivity contribution >= 4 is 23.6 Å². The lowest BCUT2D eigenvalue weighted by atomic mass is 10.2. The van der Waals surface area contributed by atoms with Crippen LogP contribution < -0.4 is 21.3 Å². The maximum Gasteiger partial charge on any atom is 0.243 e. The van der Waals surface area contributed by atoms with Gasteiger partial charge >= 0.3 is 0 Å². The molecule has 4 amide bonds. The Bertz CT molecular complexity index is 448. The van der Waals surface area contributed by atoms with Gasteiger partial charge in [0.15, 0.2) is 0 Å². The van der Waals surface area contributed by atoms with Crippen LogP contribution >= 0.6 is 0 Å². The summed E-state index contributed by atoms with van der Waals surface area (Å²) < 4.78 is 0. The molecule has 0 fully saturated rings. The Morgan fingerprint density at radius 3 is 1.27 bits per heavy atom. The van der Waals surface area contributed by atoms with Crippen LogP contribution in [0.4, 0.5) is 0 Å². The summed E-state index contributed by atoms with van der Waals surface area (Å²) in [6.07, 6.45) is 5.80. The van der Waals surface area contributed by atoms with Crippen molar-refractivity contribution in [3.8, 4) is 0 Å². The second-order valence-electron chi connectivity index (χ2n) is 5.60. The number of carbonyl (C=O) groups excluding carboxylic acids is 4. The van der Waals surface area contributed by atoms with Gasteiger partial charge in [0.05, 0.1) is 0 Å². The molecule has 0 radical (unpaired) electrons. The van der Waals surface area contributed by atoms with E-state index in [1.165, 1.54) is 12.2 Å². The van der Waals surface area contributed by atoms with Gasteiger partial charge in [0, 0.05) is 39.0 Å². The molecule has 0 heterocycles. The van der Waals surface area contributed by atoms with Gasteiger partial charge in [-0.2, -0.15) is 0 Å². The van der Waals surface area contributed by atoms with Crippen LogP contribution in [0.25, 0.3) is 0 Å². The molecule has 0 rings (SSSR count). The Balaban J connectivity index is 3.43. The van der Waals surface area contributed by atoms with Crippen LogP contribution in [0.15, 0.2) is 25.3 Å². The summed E-state index contributed by atoms with van der Waals surface area (Å²) in [7, 11) is 0. The first-order valence-corrected chi connectivity index (χ1v) is 8.83. The summed E-state index contributed by atoms with van der Waals surface area (Å²) in [5.41, 5.74) is 0. The molecule has 26 heavy (non-hydrogen) atoms. The van der Waals surface area contributed by atoms with Crippen molar-refractivity contribution < 1.29 is 19.2 Å². The van der Waals surface area contributed by atoms with Gasteiger partial charge in [0.25, 0.3) is 0 Å². The molecule has 0 aliphatic heterocycles. The van der Waals surface area contributed by atoms with Gasteiger partial charge in [-0.1, -0.05) is 13.2 Å². The molecule has 146 valence electrons. The van der Waals surface area contributed by atoms with Gasteiger partial charge in [0.1, 0.15) is 0 Å². The summed E-state index contributed by atoms with van der Waals surface area (Å²) in [4.78, 5) is 44.9. The zero-order valence-electron chi connectivity index (χ0n) is 15.3. The fraction of sp³-hybridized carbons (Fsp3) is 0.556. The van der Waals surface area contributed by atoms with E-state index in [0.717, 1.165) is 12.8 Å². The summed E-state index contributed by atoms with van der Waals surface area (Å²) >= 11 is 0. The topological polar surface area (TPSA) is 116 Å². The monoisotopic (exact) mass is 366 g/mol. The standard InChI is InChI=1S/C18H30N4O4/c1-3-15(23)19-13-7-9-17(25)21-11-5-6-12-22-18(26)10-8-14-20-16(24)4-2/h3-4H,1-2,5-14H2,(H,19,23)(H,20,24)(H,21,25)(H,22,26). The molecule has 0 aromatic carbocycles. The van der Waals surface area contributed by atoms with Crippen molar-refractivity contribution in [2.45, 2.75) is 38.5 Å². The van der Waals surface area contributed by atoms with Crippen LogP contribution in [0, 0.1) is 0 Å². The molecule has 0 atom stereocenters. The van der Waals surface area contributed by atoms with Crippen LogP contribution in [0.3, 0.4) is 0 Å². The highest BCUT2D eigenvalue weighted by Crippen LogP contribution is 1.91. The number of amides is 4. The third kappa shape index (κ3) is 14.9. The quantitative estimate of drug-likeness (QED) is 0.244. The molecule has 0 aliphatic carbocycles. The van der Waals surface area contributed by atoms with Gasteiger partial charge in [0.2, 0.25) is 23.6 Å². The van der Waals surface area contributed by atoms with Crippen LogP contribution in [0.2, 0.25) is 0 Å². The Morgan fingerprint density at radius 2 is 0.923 bits per heavy atom. The van der Waals surface area contributed by atoms with Gasteiger partial charge in [-0.25, -0.2) is 0 Å². The Kier molecular flexibility index (Phi) is 14.3. The van der Waals surface area contributed by atoms with E-state index >= 15 is 0 Å². The lowest BCUT2D eigenvalue weighted by molar-refractivity contribution is -0.122. The number of hydrogen-bond acceptors (Lipinski definition) is 4. The van der Waals surface area contributed by atoms with E-state index in [4.69, 9.17) is 0 Å². The van der Waals surface area contributed by atoms with Crippen molar-refractivity contribution in [3.05, 3.63) is 25.3 Å². The number of unbranched alkanes of at least 4 members (excludes halogenated alkanes) is 1. The van der Waals surface area contributed by atoms with Crippen LogP contribution in [0.1, 0.15) is 38.5 Å². The molecule has 0 saturated carbocycles. The largest absolute Gasteiger partial charge is 0.356 e. The fourth-order valence-corrected chi connectivity index (χ4v) is 1.95. The molecule has 0 spiro atoms. The molecular weight excluding hydrogens is 336 g/mol. The minimum absolute atomic E-state index is 0.0524. The number of carbonyl (C=O) groups is 4. The normalized spacial score (nSPS) is 9.69. The van der Waals surface area contributed by atoms with Crippen molar-refractivity contribution in [1.82, 2.24) is 21.3 Å². The summed E-state index contributed by atoms with van der Waals surface area (Å²) in [5.74, 6) is -0.588. The Hall–Kier alpha value is -2.64. The van der Waals surface area contributed by atoms with Crippen LogP contribution in [0.5, 0.6) is 0 Å². The predicted octanol–water partition coefficient (Wildman–Crippen LogP) is 0.164. The average molecular weight is 366 g/mol. The number of rotatable bonds is 15.